The average Bonchev–Trinajstić information content (AvgIpc) is 2.50. The Morgan fingerprint density at radius 3 is 2.77 bits per heavy atom. The number of rotatable bonds is 4. The molecule has 2 heterocycles. The number of anilines is 2. The molecule has 7 nitrogen and oxygen atoms in total. The Morgan fingerprint density at radius 1 is 1.45 bits per heavy atom. The highest BCUT2D eigenvalue weighted by atomic mass is 16.3. The molecule has 22 heavy (non-hydrogen) atoms. The molecule has 2 rings (SSSR count). The van der Waals surface area contributed by atoms with Crippen LogP contribution in [0.1, 0.15) is 19.0 Å². The van der Waals surface area contributed by atoms with Crippen molar-refractivity contribution in [2.45, 2.75) is 13.3 Å². The molecule has 0 aromatic carbocycles. The average molecular weight is 300 g/mol. The smallest absolute Gasteiger partial charge is 0.169 e. The summed E-state index contributed by atoms with van der Waals surface area (Å²) < 4.78 is 0. The van der Waals surface area contributed by atoms with Gasteiger partial charge < -0.3 is 26.9 Å². The SMILES string of the molecule is C=C(O)/C(=C\C)c1cc(N2CCC(N)=C(C=N)C2)c(N)nn1. The lowest BCUT2D eigenvalue weighted by Gasteiger charge is -2.30. The summed E-state index contributed by atoms with van der Waals surface area (Å²) in [6.45, 7) is 6.49. The number of nitrogens with two attached hydrogens (primary N) is 2. The number of allylic oxidation sites excluding steroid dienone is 2. The molecular weight excluding hydrogens is 280 g/mol. The first-order chi connectivity index (χ1) is 10.5. The predicted molar refractivity (Wildman–Crippen MR) is 88.7 cm³/mol. The van der Waals surface area contributed by atoms with Gasteiger partial charge in [-0.3, -0.25) is 0 Å². The van der Waals surface area contributed by atoms with Crippen LogP contribution < -0.4 is 16.4 Å². The summed E-state index contributed by atoms with van der Waals surface area (Å²) >= 11 is 0. The van der Waals surface area contributed by atoms with Crippen molar-refractivity contribution in [1.29, 1.82) is 5.41 Å². The first kappa shape index (κ1) is 15.6. The summed E-state index contributed by atoms with van der Waals surface area (Å²) in [5.41, 5.74) is 15.0. The number of nitrogens with zero attached hydrogens (tertiary/aromatic N) is 3. The van der Waals surface area contributed by atoms with Gasteiger partial charge in [-0.25, -0.2) is 0 Å². The molecule has 1 aromatic rings. The van der Waals surface area contributed by atoms with Gasteiger partial charge in [0.2, 0.25) is 0 Å². The molecule has 7 heteroatoms. The van der Waals surface area contributed by atoms with Crippen molar-refractivity contribution in [2.75, 3.05) is 23.7 Å². The van der Waals surface area contributed by atoms with Crippen LogP contribution in [0, 0.1) is 5.41 Å². The van der Waals surface area contributed by atoms with E-state index in [-0.39, 0.29) is 5.76 Å². The topological polar surface area (TPSA) is 125 Å². The third-order valence-electron chi connectivity index (χ3n) is 3.62. The predicted octanol–water partition coefficient (Wildman–Crippen LogP) is 1.61. The van der Waals surface area contributed by atoms with Crippen molar-refractivity contribution in [2.24, 2.45) is 5.73 Å². The molecule has 0 aliphatic carbocycles. The standard InChI is InChI=1S/C15H20N6O/c1-3-11(9(2)22)13-6-14(15(18)20-19-13)21-5-4-12(17)10(7-16)8-21/h3,6-7,16,22H,2,4-5,8,17H2,1H3,(H2,18,20)/b11-3+,16-7?. The fourth-order valence-electron chi connectivity index (χ4n) is 2.38. The summed E-state index contributed by atoms with van der Waals surface area (Å²) in [5, 5.41) is 25.0. The van der Waals surface area contributed by atoms with Crippen molar-refractivity contribution >= 4 is 23.3 Å². The Balaban J connectivity index is 2.40. The van der Waals surface area contributed by atoms with Crippen molar-refractivity contribution in [1.82, 2.24) is 10.2 Å². The van der Waals surface area contributed by atoms with Crippen LogP contribution in [-0.2, 0) is 0 Å². The maximum Gasteiger partial charge on any atom is 0.169 e. The third-order valence-corrected chi connectivity index (χ3v) is 3.62. The van der Waals surface area contributed by atoms with E-state index in [1.165, 1.54) is 6.21 Å². The second-order valence-electron chi connectivity index (χ2n) is 5.02. The number of hydrogen-bond acceptors (Lipinski definition) is 7. The van der Waals surface area contributed by atoms with Crippen LogP contribution in [0.25, 0.3) is 5.57 Å². The molecular formula is C15H20N6O. The van der Waals surface area contributed by atoms with Crippen LogP contribution in [0.5, 0.6) is 0 Å². The Bertz CT molecular complexity index is 677. The van der Waals surface area contributed by atoms with Gasteiger partial charge in [0.25, 0.3) is 0 Å². The first-order valence-electron chi connectivity index (χ1n) is 6.89. The summed E-state index contributed by atoms with van der Waals surface area (Å²) in [5.74, 6) is 0.225. The number of nitrogens with one attached hydrogen (secondary N) is 1. The molecule has 0 unspecified atom stereocenters. The van der Waals surface area contributed by atoms with Crippen molar-refractivity contribution < 1.29 is 5.11 Å². The molecule has 6 N–H and O–H groups in total. The fourth-order valence-corrected chi connectivity index (χ4v) is 2.38. The lowest BCUT2D eigenvalue weighted by atomic mass is 10.1. The van der Waals surface area contributed by atoms with Crippen molar-refractivity contribution in [3.05, 3.63) is 41.4 Å². The van der Waals surface area contributed by atoms with Gasteiger partial charge in [0, 0.05) is 42.6 Å². The molecule has 1 aliphatic rings. The minimum Gasteiger partial charge on any atom is -0.508 e. The van der Waals surface area contributed by atoms with Gasteiger partial charge in [-0.1, -0.05) is 12.7 Å². The molecule has 0 fully saturated rings. The van der Waals surface area contributed by atoms with Crippen LogP contribution >= 0.6 is 0 Å². The maximum absolute atomic E-state index is 9.62. The molecule has 0 atom stereocenters. The highest BCUT2D eigenvalue weighted by Gasteiger charge is 2.20. The van der Waals surface area contributed by atoms with Crippen LogP contribution in [0.2, 0.25) is 0 Å². The number of aliphatic hydroxyl groups is 1. The Kier molecular flexibility index (Phi) is 4.45. The Labute approximate surface area is 129 Å². The van der Waals surface area contributed by atoms with E-state index in [1.54, 1.807) is 19.1 Å². The van der Waals surface area contributed by atoms with E-state index in [2.05, 4.69) is 16.8 Å². The number of aliphatic hydroxyl groups excluding tert-OH is 1. The van der Waals surface area contributed by atoms with E-state index in [4.69, 9.17) is 16.9 Å². The number of nitrogen functional groups attached to an aromatic ring is 1. The molecule has 0 saturated carbocycles. The normalized spacial score (nSPS) is 15.9. The van der Waals surface area contributed by atoms with Gasteiger partial charge in [-0.05, 0) is 13.0 Å². The molecule has 1 aromatic heterocycles. The third kappa shape index (κ3) is 2.93. The lowest BCUT2D eigenvalue weighted by Crippen LogP contribution is -2.34. The van der Waals surface area contributed by atoms with Gasteiger partial charge in [0.15, 0.2) is 5.82 Å². The second-order valence-corrected chi connectivity index (χ2v) is 5.02. The molecule has 0 amide bonds. The highest BCUT2D eigenvalue weighted by molar-refractivity contribution is 5.81. The molecule has 116 valence electrons. The van der Waals surface area contributed by atoms with Crippen LogP contribution in [0.15, 0.2) is 35.8 Å². The zero-order valence-corrected chi connectivity index (χ0v) is 12.5. The minimum atomic E-state index is -0.0736. The first-order valence-corrected chi connectivity index (χ1v) is 6.89. The van der Waals surface area contributed by atoms with E-state index in [9.17, 15) is 5.11 Å². The highest BCUT2D eigenvalue weighted by Crippen LogP contribution is 2.28. The summed E-state index contributed by atoms with van der Waals surface area (Å²) in [6.07, 6.45) is 3.63. The van der Waals surface area contributed by atoms with Crippen LogP contribution in [0.3, 0.4) is 0 Å². The Hall–Kier alpha value is -2.83. The molecule has 0 spiro atoms. The van der Waals surface area contributed by atoms with Crippen LogP contribution in [-0.4, -0.2) is 34.6 Å². The van der Waals surface area contributed by atoms with Crippen molar-refractivity contribution in [3.63, 3.8) is 0 Å². The molecule has 1 aliphatic heterocycles. The minimum absolute atomic E-state index is 0.0736. The van der Waals surface area contributed by atoms with Gasteiger partial charge in [0.1, 0.15) is 5.76 Å². The largest absolute Gasteiger partial charge is 0.508 e. The van der Waals surface area contributed by atoms with E-state index in [0.29, 0.717) is 42.3 Å². The van der Waals surface area contributed by atoms with E-state index < -0.39 is 0 Å². The second kappa shape index (κ2) is 6.30. The zero-order chi connectivity index (χ0) is 16.3. The summed E-state index contributed by atoms with van der Waals surface area (Å²) in [4.78, 5) is 2.00. The lowest BCUT2D eigenvalue weighted by molar-refractivity contribution is 0.440. The summed E-state index contributed by atoms with van der Waals surface area (Å²) in [6, 6.07) is 1.77. The fraction of sp³-hybridized carbons (Fsp3) is 0.267. The van der Waals surface area contributed by atoms with E-state index in [0.717, 1.165) is 11.3 Å². The molecule has 0 radical (unpaired) electrons. The summed E-state index contributed by atoms with van der Waals surface area (Å²) in [7, 11) is 0. The van der Waals surface area contributed by atoms with Gasteiger partial charge >= 0.3 is 0 Å². The van der Waals surface area contributed by atoms with Crippen molar-refractivity contribution in [3.8, 4) is 0 Å². The molecule has 0 bridgehead atoms. The van der Waals surface area contributed by atoms with E-state index >= 15 is 0 Å². The number of hydrogen-bond donors (Lipinski definition) is 4. The maximum atomic E-state index is 9.62. The van der Waals surface area contributed by atoms with Gasteiger partial charge in [0.05, 0.1) is 11.4 Å². The zero-order valence-electron chi connectivity index (χ0n) is 12.5. The van der Waals surface area contributed by atoms with E-state index in [1.807, 2.05) is 4.90 Å². The molecule has 0 saturated heterocycles. The quantitative estimate of drug-likeness (QED) is 0.380. The van der Waals surface area contributed by atoms with Gasteiger partial charge in [-0.15, -0.1) is 10.2 Å². The van der Waals surface area contributed by atoms with Crippen LogP contribution in [0.4, 0.5) is 11.5 Å². The number of aromatic nitrogens is 2. The Morgan fingerprint density at radius 2 is 2.18 bits per heavy atom. The monoisotopic (exact) mass is 300 g/mol. The van der Waals surface area contributed by atoms with Gasteiger partial charge in [-0.2, -0.15) is 0 Å².